The summed E-state index contributed by atoms with van der Waals surface area (Å²) < 4.78 is 44.4. The van der Waals surface area contributed by atoms with Crippen LogP contribution < -0.4 is 15.4 Å². The quantitative estimate of drug-likeness (QED) is 0.580. The first-order chi connectivity index (χ1) is 16.2. The summed E-state index contributed by atoms with van der Waals surface area (Å²) >= 11 is 0. The number of rotatable bonds is 9. The zero-order valence-electron chi connectivity index (χ0n) is 19.0. The number of hydrogen-bond acceptors (Lipinski definition) is 5. The second-order valence-corrected chi connectivity index (χ2v) is 8.09. The Morgan fingerprint density at radius 3 is 2.09 bits per heavy atom. The molecule has 2 amide bonds. The molecule has 184 valence electrons. The molecule has 3 rings (SSSR count). The molecular formula is C24H29F3N4O3. The number of para-hydroxylation sites is 1. The molecule has 2 aromatic rings. The number of carbonyl (C=O) groups excluding carboxylic acids is 2. The van der Waals surface area contributed by atoms with Crippen molar-refractivity contribution in [2.75, 3.05) is 58.2 Å². The summed E-state index contributed by atoms with van der Waals surface area (Å²) in [4.78, 5) is 28.4. The lowest BCUT2D eigenvalue weighted by molar-refractivity contribution is -0.137. The Morgan fingerprint density at radius 1 is 0.912 bits per heavy atom. The largest absolute Gasteiger partial charge is 0.497 e. The summed E-state index contributed by atoms with van der Waals surface area (Å²) in [6.07, 6.45) is -3.82. The van der Waals surface area contributed by atoms with Crippen molar-refractivity contribution >= 4 is 17.5 Å². The van der Waals surface area contributed by atoms with Crippen LogP contribution in [0.15, 0.2) is 48.5 Å². The van der Waals surface area contributed by atoms with Crippen molar-refractivity contribution in [1.82, 2.24) is 15.1 Å². The van der Waals surface area contributed by atoms with Gasteiger partial charge in [-0.15, -0.1) is 0 Å². The third-order valence-electron chi connectivity index (χ3n) is 5.60. The van der Waals surface area contributed by atoms with Crippen LogP contribution in [0.5, 0.6) is 5.75 Å². The first kappa shape index (κ1) is 25.5. The van der Waals surface area contributed by atoms with Gasteiger partial charge in [-0.1, -0.05) is 24.3 Å². The number of ether oxygens (including phenoxy) is 1. The summed E-state index contributed by atoms with van der Waals surface area (Å²) in [7, 11) is 1.61. The second kappa shape index (κ2) is 11.8. The summed E-state index contributed by atoms with van der Waals surface area (Å²) in [6, 6.07) is 12.6. The monoisotopic (exact) mass is 478 g/mol. The molecule has 1 aliphatic heterocycles. The molecule has 0 aliphatic carbocycles. The van der Waals surface area contributed by atoms with Gasteiger partial charge in [-0.25, -0.2) is 0 Å². The van der Waals surface area contributed by atoms with Gasteiger partial charge in [0, 0.05) is 32.7 Å². The minimum absolute atomic E-state index is 0.00586. The van der Waals surface area contributed by atoms with Crippen LogP contribution in [0, 0.1) is 0 Å². The first-order valence-corrected chi connectivity index (χ1v) is 11.0. The average Bonchev–Trinajstić information content (AvgIpc) is 2.80. The molecular weight excluding hydrogens is 449 g/mol. The maximum absolute atomic E-state index is 13.1. The highest BCUT2D eigenvalue weighted by Gasteiger charge is 2.33. The van der Waals surface area contributed by atoms with E-state index in [1.807, 2.05) is 34.1 Å². The number of halogens is 3. The van der Waals surface area contributed by atoms with Crippen LogP contribution in [0.3, 0.4) is 0 Å². The van der Waals surface area contributed by atoms with Gasteiger partial charge in [-0.2, -0.15) is 13.2 Å². The third kappa shape index (κ3) is 7.74. The molecule has 2 aromatic carbocycles. The number of nitrogens with one attached hydrogen (secondary N) is 2. The van der Waals surface area contributed by atoms with Crippen LogP contribution in [0.25, 0.3) is 0 Å². The van der Waals surface area contributed by atoms with Crippen LogP contribution in [0.1, 0.15) is 11.1 Å². The molecule has 0 saturated carbocycles. The predicted octanol–water partition coefficient (Wildman–Crippen LogP) is 2.63. The first-order valence-electron chi connectivity index (χ1n) is 11.0. The highest BCUT2D eigenvalue weighted by molar-refractivity contribution is 5.93. The van der Waals surface area contributed by atoms with E-state index < -0.39 is 17.6 Å². The molecule has 1 heterocycles. The molecule has 0 unspecified atom stereocenters. The molecule has 10 heteroatoms. The van der Waals surface area contributed by atoms with Crippen LogP contribution in [-0.4, -0.2) is 74.5 Å². The molecule has 2 N–H and O–H groups in total. The Balaban J connectivity index is 1.35. The molecule has 1 aliphatic rings. The standard InChI is InChI=1S/C24H29F3N4O3/c1-34-19-8-6-18(7-9-19)10-11-28-22(32)16-30-12-14-31(15-13-30)17-23(33)29-21-5-3-2-4-20(21)24(25,26)27/h2-9H,10-17H2,1H3,(H,28,32)(H,29,33). The van der Waals surface area contributed by atoms with Gasteiger partial charge >= 0.3 is 6.18 Å². The number of methoxy groups -OCH3 is 1. The van der Waals surface area contributed by atoms with E-state index in [2.05, 4.69) is 10.6 Å². The number of nitrogens with zero attached hydrogens (tertiary/aromatic N) is 2. The highest BCUT2D eigenvalue weighted by Crippen LogP contribution is 2.34. The Morgan fingerprint density at radius 2 is 1.50 bits per heavy atom. The second-order valence-electron chi connectivity index (χ2n) is 8.09. The lowest BCUT2D eigenvalue weighted by Gasteiger charge is -2.33. The number of amides is 2. The minimum Gasteiger partial charge on any atom is -0.497 e. The molecule has 0 aromatic heterocycles. The van der Waals surface area contributed by atoms with Crippen LogP contribution in [0.4, 0.5) is 18.9 Å². The van der Waals surface area contributed by atoms with Crippen LogP contribution in [-0.2, 0) is 22.2 Å². The predicted molar refractivity (Wildman–Crippen MR) is 123 cm³/mol. The molecule has 0 bridgehead atoms. The van der Waals surface area contributed by atoms with E-state index in [4.69, 9.17) is 4.74 Å². The Kier molecular flexibility index (Phi) is 8.89. The van der Waals surface area contributed by atoms with E-state index >= 15 is 0 Å². The number of anilines is 1. The summed E-state index contributed by atoms with van der Waals surface area (Å²) in [5.74, 6) is 0.223. The van der Waals surface area contributed by atoms with Gasteiger partial charge in [0.05, 0.1) is 31.5 Å². The molecule has 34 heavy (non-hydrogen) atoms. The SMILES string of the molecule is COc1ccc(CCNC(=O)CN2CCN(CC(=O)Nc3ccccc3C(F)(F)F)CC2)cc1. The maximum atomic E-state index is 13.1. The zero-order chi connectivity index (χ0) is 24.6. The molecule has 7 nitrogen and oxygen atoms in total. The zero-order valence-corrected chi connectivity index (χ0v) is 19.0. The number of benzene rings is 2. The van der Waals surface area contributed by atoms with E-state index in [0.29, 0.717) is 32.7 Å². The molecule has 1 fully saturated rings. The van der Waals surface area contributed by atoms with E-state index in [1.54, 1.807) is 7.11 Å². The molecule has 0 spiro atoms. The van der Waals surface area contributed by atoms with Crippen molar-refractivity contribution < 1.29 is 27.5 Å². The summed E-state index contributed by atoms with van der Waals surface area (Å²) in [5.41, 5.74) is -0.0121. The van der Waals surface area contributed by atoms with Crippen LogP contribution >= 0.6 is 0 Å². The van der Waals surface area contributed by atoms with E-state index in [1.165, 1.54) is 18.2 Å². The normalized spacial score (nSPS) is 15.1. The number of alkyl halides is 3. The number of carbonyl (C=O) groups is 2. The van der Waals surface area contributed by atoms with E-state index in [9.17, 15) is 22.8 Å². The van der Waals surface area contributed by atoms with E-state index in [0.717, 1.165) is 23.8 Å². The van der Waals surface area contributed by atoms with Gasteiger partial charge in [0.2, 0.25) is 11.8 Å². The maximum Gasteiger partial charge on any atom is 0.418 e. The lowest BCUT2D eigenvalue weighted by atomic mass is 10.1. The topological polar surface area (TPSA) is 73.9 Å². The van der Waals surface area contributed by atoms with Crippen molar-refractivity contribution in [1.29, 1.82) is 0 Å². The fourth-order valence-electron chi connectivity index (χ4n) is 3.74. The minimum atomic E-state index is -4.54. The Labute approximate surface area is 196 Å². The van der Waals surface area contributed by atoms with Gasteiger partial charge in [0.25, 0.3) is 0 Å². The van der Waals surface area contributed by atoms with Gasteiger partial charge < -0.3 is 15.4 Å². The lowest BCUT2D eigenvalue weighted by Crippen LogP contribution is -2.51. The fraction of sp³-hybridized carbons (Fsp3) is 0.417. The van der Waals surface area contributed by atoms with Crippen LogP contribution in [0.2, 0.25) is 0 Å². The smallest absolute Gasteiger partial charge is 0.418 e. The molecule has 0 atom stereocenters. The third-order valence-corrected chi connectivity index (χ3v) is 5.60. The van der Waals surface area contributed by atoms with E-state index in [-0.39, 0.29) is 24.7 Å². The average molecular weight is 479 g/mol. The molecule has 1 saturated heterocycles. The highest BCUT2D eigenvalue weighted by atomic mass is 19.4. The Hall–Kier alpha value is -3.11. The van der Waals surface area contributed by atoms with Crippen molar-refractivity contribution in [2.45, 2.75) is 12.6 Å². The summed E-state index contributed by atoms with van der Waals surface area (Å²) in [5, 5.41) is 5.28. The molecule has 0 radical (unpaired) electrons. The Bertz CT molecular complexity index is 959. The van der Waals surface area contributed by atoms with Crippen molar-refractivity contribution in [2.24, 2.45) is 0 Å². The van der Waals surface area contributed by atoms with Gasteiger partial charge in [-0.05, 0) is 36.2 Å². The summed E-state index contributed by atoms with van der Waals surface area (Å²) in [6.45, 7) is 3.08. The van der Waals surface area contributed by atoms with Crippen molar-refractivity contribution in [3.05, 3.63) is 59.7 Å². The number of piperazine rings is 1. The van der Waals surface area contributed by atoms with Gasteiger partial charge in [0.15, 0.2) is 0 Å². The van der Waals surface area contributed by atoms with Gasteiger partial charge in [-0.3, -0.25) is 19.4 Å². The fourth-order valence-corrected chi connectivity index (χ4v) is 3.74. The number of hydrogen-bond donors (Lipinski definition) is 2. The van der Waals surface area contributed by atoms with Crippen molar-refractivity contribution in [3.63, 3.8) is 0 Å². The van der Waals surface area contributed by atoms with Gasteiger partial charge in [0.1, 0.15) is 5.75 Å². The van der Waals surface area contributed by atoms with Crippen molar-refractivity contribution in [3.8, 4) is 5.75 Å².